The van der Waals surface area contributed by atoms with Gasteiger partial charge in [-0.25, -0.2) is 0 Å². The van der Waals surface area contributed by atoms with E-state index in [-0.39, 0.29) is 6.16 Å². The quantitative estimate of drug-likeness (QED) is 0.628. The lowest BCUT2D eigenvalue weighted by Crippen LogP contribution is -2.15. The van der Waals surface area contributed by atoms with Crippen LogP contribution >= 0.6 is 7.37 Å². The molecule has 0 spiro atoms. The molecule has 0 aliphatic carbocycles. The molecule has 0 bridgehead atoms. The lowest BCUT2D eigenvalue weighted by atomic mass is 9.91. The summed E-state index contributed by atoms with van der Waals surface area (Å²) in [6.45, 7) is 1.81. The predicted molar refractivity (Wildman–Crippen MR) is 104 cm³/mol. The molecule has 0 fully saturated rings. The highest BCUT2D eigenvalue weighted by molar-refractivity contribution is 7.65. The first-order valence-corrected chi connectivity index (χ1v) is 10.4. The SMILES string of the molecule is CCC(C(=O)O)c1cc(P(=O)(O)Cc2ccccc2)cc2ccccc12. The van der Waals surface area contributed by atoms with Crippen LogP contribution in [0.1, 0.15) is 30.4 Å². The molecule has 4 nitrogen and oxygen atoms in total. The first-order chi connectivity index (χ1) is 12.4. The molecule has 3 aromatic carbocycles. The van der Waals surface area contributed by atoms with Gasteiger partial charge < -0.3 is 10.00 Å². The van der Waals surface area contributed by atoms with E-state index in [1.165, 1.54) is 0 Å². The van der Waals surface area contributed by atoms with Crippen molar-refractivity contribution in [2.24, 2.45) is 0 Å². The lowest BCUT2D eigenvalue weighted by molar-refractivity contribution is -0.138. The van der Waals surface area contributed by atoms with Crippen LogP contribution in [-0.2, 0) is 15.5 Å². The minimum Gasteiger partial charge on any atom is -0.481 e. The summed E-state index contributed by atoms with van der Waals surface area (Å²) in [5.74, 6) is -1.64. The molecule has 2 N–H and O–H groups in total. The molecule has 2 atom stereocenters. The second-order valence-electron chi connectivity index (χ2n) is 6.40. The van der Waals surface area contributed by atoms with Gasteiger partial charge in [-0.2, -0.15) is 0 Å². The summed E-state index contributed by atoms with van der Waals surface area (Å²) in [6.07, 6.45) is 0.437. The summed E-state index contributed by atoms with van der Waals surface area (Å²) in [4.78, 5) is 22.4. The van der Waals surface area contributed by atoms with E-state index < -0.39 is 19.3 Å². The Balaban J connectivity index is 2.14. The topological polar surface area (TPSA) is 74.6 Å². The lowest BCUT2D eigenvalue weighted by Gasteiger charge is -2.18. The maximum Gasteiger partial charge on any atom is 0.310 e. The van der Waals surface area contributed by atoms with E-state index in [9.17, 15) is 19.4 Å². The van der Waals surface area contributed by atoms with Gasteiger partial charge in [0.2, 0.25) is 7.37 Å². The normalized spacial score (nSPS) is 14.7. The second-order valence-corrected chi connectivity index (χ2v) is 8.64. The van der Waals surface area contributed by atoms with E-state index in [1.54, 1.807) is 12.1 Å². The zero-order valence-electron chi connectivity index (χ0n) is 14.5. The van der Waals surface area contributed by atoms with Crippen molar-refractivity contribution in [3.63, 3.8) is 0 Å². The average Bonchev–Trinajstić information content (AvgIpc) is 2.62. The molecule has 0 aromatic heterocycles. The minimum atomic E-state index is -3.67. The van der Waals surface area contributed by atoms with Gasteiger partial charge in [0.15, 0.2) is 0 Å². The van der Waals surface area contributed by atoms with Gasteiger partial charge in [0, 0.05) is 5.30 Å². The van der Waals surface area contributed by atoms with E-state index in [4.69, 9.17) is 0 Å². The van der Waals surface area contributed by atoms with Crippen molar-refractivity contribution in [2.75, 3.05) is 0 Å². The van der Waals surface area contributed by atoms with Crippen LogP contribution < -0.4 is 5.30 Å². The molecule has 0 saturated carbocycles. The van der Waals surface area contributed by atoms with E-state index in [0.29, 0.717) is 17.3 Å². The van der Waals surface area contributed by atoms with Crippen molar-refractivity contribution in [1.29, 1.82) is 0 Å². The smallest absolute Gasteiger partial charge is 0.310 e. The molecular formula is C21H21O4P. The van der Waals surface area contributed by atoms with E-state index in [0.717, 1.165) is 16.3 Å². The Hall–Kier alpha value is -2.42. The zero-order chi connectivity index (χ0) is 18.7. The molecule has 5 heteroatoms. The van der Waals surface area contributed by atoms with Crippen molar-refractivity contribution in [1.82, 2.24) is 0 Å². The van der Waals surface area contributed by atoms with Crippen molar-refractivity contribution in [2.45, 2.75) is 25.4 Å². The van der Waals surface area contributed by atoms with Gasteiger partial charge in [0.1, 0.15) is 0 Å². The van der Waals surface area contributed by atoms with Gasteiger partial charge in [-0.1, -0.05) is 61.5 Å². The van der Waals surface area contributed by atoms with Crippen LogP contribution in [0, 0.1) is 0 Å². The van der Waals surface area contributed by atoms with Crippen LogP contribution in [0.4, 0.5) is 0 Å². The van der Waals surface area contributed by atoms with Crippen molar-refractivity contribution >= 4 is 29.4 Å². The van der Waals surface area contributed by atoms with Gasteiger partial charge >= 0.3 is 5.97 Å². The largest absolute Gasteiger partial charge is 0.481 e. The fraction of sp³-hybridized carbons (Fsp3) is 0.190. The minimum absolute atomic E-state index is 0.0233. The molecule has 0 heterocycles. The molecule has 0 radical (unpaired) electrons. The maximum absolute atomic E-state index is 13.1. The Morgan fingerprint density at radius 1 is 1.04 bits per heavy atom. The third-order valence-corrected chi connectivity index (χ3v) is 6.46. The summed E-state index contributed by atoms with van der Waals surface area (Å²) >= 11 is 0. The molecule has 3 aromatic rings. The molecule has 0 aliphatic heterocycles. The van der Waals surface area contributed by atoms with Crippen molar-refractivity contribution < 1.29 is 19.4 Å². The Morgan fingerprint density at radius 2 is 1.69 bits per heavy atom. The monoisotopic (exact) mass is 368 g/mol. The number of hydrogen-bond acceptors (Lipinski definition) is 2. The Bertz CT molecular complexity index is 982. The number of carboxylic acids is 1. The summed E-state index contributed by atoms with van der Waals surface area (Å²) in [6, 6.07) is 19.9. The summed E-state index contributed by atoms with van der Waals surface area (Å²) in [7, 11) is -3.67. The fourth-order valence-corrected chi connectivity index (χ4v) is 4.83. The molecule has 0 amide bonds. The van der Waals surface area contributed by atoms with Gasteiger partial charge in [-0.3, -0.25) is 9.36 Å². The van der Waals surface area contributed by atoms with Gasteiger partial charge in [-0.05, 0) is 40.5 Å². The highest BCUT2D eigenvalue weighted by Crippen LogP contribution is 2.45. The van der Waals surface area contributed by atoms with Gasteiger partial charge in [0.05, 0.1) is 12.1 Å². The highest BCUT2D eigenvalue weighted by atomic mass is 31.2. The molecule has 3 rings (SSSR count). The first-order valence-electron chi connectivity index (χ1n) is 8.54. The Kier molecular flexibility index (Phi) is 5.26. The van der Waals surface area contributed by atoms with Crippen LogP contribution in [0.5, 0.6) is 0 Å². The number of carboxylic acid groups (broad SMARTS) is 1. The molecule has 0 saturated heterocycles. The van der Waals surface area contributed by atoms with Gasteiger partial charge in [0.25, 0.3) is 0 Å². The molecular weight excluding hydrogens is 347 g/mol. The predicted octanol–water partition coefficient (Wildman–Crippen LogP) is 4.51. The van der Waals surface area contributed by atoms with Crippen molar-refractivity contribution in [3.8, 4) is 0 Å². The van der Waals surface area contributed by atoms with Gasteiger partial charge in [-0.15, -0.1) is 0 Å². The summed E-state index contributed by atoms with van der Waals surface area (Å²) in [5, 5.41) is 11.5. The summed E-state index contributed by atoms with van der Waals surface area (Å²) in [5.41, 5.74) is 1.37. The van der Waals surface area contributed by atoms with Crippen LogP contribution in [0.15, 0.2) is 66.7 Å². The molecule has 2 unspecified atom stereocenters. The number of carbonyl (C=O) groups is 1. The van der Waals surface area contributed by atoms with E-state index in [1.807, 2.05) is 61.5 Å². The standard InChI is InChI=1S/C21H21O4P/c1-2-18(21(22)23)20-13-17(12-16-10-6-7-11-19(16)20)26(24,25)14-15-8-4-3-5-9-15/h3-13,18H,2,14H2,1H3,(H,22,23)(H,24,25). The van der Waals surface area contributed by atoms with E-state index in [2.05, 4.69) is 0 Å². The van der Waals surface area contributed by atoms with Crippen LogP contribution in [-0.4, -0.2) is 16.0 Å². The highest BCUT2D eigenvalue weighted by Gasteiger charge is 2.27. The van der Waals surface area contributed by atoms with Crippen LogP contribution in [0.3, 0.4) is 0 Å². The number of benzene rings is 3. The third kappa shape index (κ3) is 3.72. The molecule has 134 valence electrons. The maximum atomic E-state index is 13.1. The zero-order valence-corrected chi connectivity index (χ0v) is 15.4. The molecule has 26 heavy (non-hydrogen) atoms. The Morgan fingerprint density at radius 3 is 2.35 bits per heavy atom. The first kappa shape index (κ1) is 18.4. The molecule has 0 aliphatic rings. The summed E-state index contributed by atoms with van der Waals surface area (Å²) < 4.78 is 13.1. The Labute approximate surface area is 152 Å². The number of rotatable bonds is 6. The van der Waals surface area contributed by atoms with Crippen LogP contribution in [0.2, 0.25) is 0 Å². The number of fused-ring (bicyclic) bond motifs is 1. The number of hydrogen-bond donors (Lipinski definition) is 2. The van der Waals surface area contributed by atoms with E-state index >= 15 is 0 Å². The second kappa shape index (κ2) is 7.45. The van der Waals surface area contributed by atoms with Crippen molar-refractivity contribution in [3.05, 3.63) is 77.9 Å². The van der Waals surface area contributed by atoms with Crippen LogP contribution in [0.25, 0.3) is 10.8 Å². The third-order valence-electron chi connectivity index (χ3n) is 4.60. The number of aliphatic carboxylic acids is 1. The average molecular weight is 368 g/mol. The fourth-order valence-electron chi connectivity index (χ4n) is 3.26.